The molecule has 1 aromatic carbocycles. The van der Waals surface area contributed by atoms with Crippen molar-refractivity contribution in [3.63, 3.8) is 0 Å². The first-order valence-electron chi connectivity index (χ1n) is 7.93. The van der Waals surface area contributed by atoms with Gasteiger partial charge < -0.3 is 18.8 Å². The van der Waals surface area contributed by atoms with Crippen LogP contribution in [0.4, 0.5) is 0 Å². The summed E-state index contributed by atoms with van der Waals surface area (Å²) in [5.74, 6) is 0.216. The molecule has 0 saturated carbocycles. The quantitative estimate of drug-likeness (QED) is 0.615. The van der Waals surface area contributed by atoms with Crippen molar-refractivity contribution >= 4 is 18.6 Å². The zero-order valence-electron chi connectivity index (χ0n) is 14.5. The molecular formula is C17H25BO5. The van der Waals surface area contributed by atoms with Gasteiger partial charge in [0.25, 0.3) is 0 Å². The van der Waals surface area contributed by atoms with Gasteiger partial charge in [-0.05, 0) is 38.4 Å². The van der Waals surface area contributed by atoms with E-state index in [0.29, 0.717) is 25.6 Å². The van der Waals surface area contributed by atoms with Gasteiger partial charge in [-0.3, -0.25) is 0 Å². The maximum atomic E-state index is 11.9. The van der Waals surface area contributed by atoms with Crippen LogP contribution >= 0.6 is 0 Å². The molecule has 0 bridgehead atoms. The number of rotatable bonds is 5. The molecule has 1 aromatic rings. The van der Waals surface area contributed by atoms with Crippen LogP contribution in [0.15, 0.2) is 24.3 Å². The average Bonchev–Trinajstić information content (AvgIpc) is 2.48. The van der Waals surface area contributed by atoms with Gasteiger partial charge in [0.05, 0.1) is 6.61 Å². The molecule has 0 unspecified atom stereocenters. The predicted octanol–water partition coefficient (Wildman–Crippen LogP) is 2.18. The van der Waals surface area contributed by atoms with Crippen LogP contribution < -0.4 is 10.2 Å². The third-order valence-corrected chi connectivity index (χ3v) is 3.54. The van der Waals surface area contributed by atoms with Gasteiger partial charge in [0, 0.05) is 18.6 Å². The number of carbonyl (C=O) groups excluding carboxylic acids is 1. The van der Waals surface area contributed by atoms with Crippen molar-refractivity contribution in [2.24, 2.45) is 5.41 Å². The van der Waals surface area contributed by atoms with Gasteiger partial charge in [0.2, 0.25) is 0 Å². The molecule has 1 heterocycles. The van der Waals surface area contributed by atoms with Crippen molar-refractivity contribution in [1.29, 1.82) is 0 Å². The highest BCUT2D eigenvalue weighted by Gasteiger charge is 2.34. The van der Waals surface area contributed by atoms with Crippen molar-refractivity contribution in [3.8, 4) is 5.75 Å². The molecule has 0 N–H and O–H groups in total. The molecule has 1 fully saturated rings. The minimum atomic E-state index is -1.03. The largest absolute Gasteiger partial charge is 0.493 e. The van der Waals surface area contributed by atoms with E-state index in [1.165, 1.54) is 0 Å². The van der Waals surface area contributed by atoms with Crippen molar-refractivity contribution in [3.05, 3.63) is 24.3 Å². The highest BCUT2D eigenvalue weighted by Crippen LogP contribution is 2.22. The lowest BCUT2D eigenvalue weighted by Gasteiger charge is -2.33. The lowest BCUT2D eigenvalue weighted by molar-refractivity contribution is -0.158. The molecule has 1 aliphatic rings. The van der Waals surface area contributed by atoms with Gasteiger partial charge in [-0.2, -0.15) is 0 Å². The summed E-state index contributed by atoms with van der Waals surface area (Å²) < 4.78 is 22.3. The Balaban J connectivity index is 1.98. The van der Waals surface area contributed by atoms with Crippen LogP contribution in [0.1, 0.15) is 34.6 Å². The van der Waals surface area contributed by atoms with E-state index in [4.69, 9.17) is 18.8 Å². The monoisotopic (exact) mass is 320 g/mol. The van der Waals surface area contributed by atoms with Gasteiger partial charge in [0.1, 0.15) is 5.75 Å². The molecular weight excluding hydrogens is 295 g/mol. The molecule has 0 spiro atoms. The van der Waals surface area contributed by atoms with Crippen LogP contribution in [0.25, 0.3) is 0 Å². The van der Waals surface area contributed by atoms with Crippen molar-refractivity contribution in [1.82, 2.24) is 0 Å². The second-order valence-electron chi connectivity index (χ2n) is 7.02. The molecule has 0 atom stereocenters. The molecule has 0 amide bonds. The standard InChI is InChI=1S/C17H25BO5/c1-6-20-15(19)17(4,5)23-14-9-7-13(8-10-14)18-21-11-16(2,3)12-22-18/h7-10H,6,11-12H2,1-5H3. The first kappa shape index (κ1) is 17.8. The van der Waals surface area contributed by atoms with E-state index in [2.05, 4.69) is 13.8 Å². The Hall–Kier alpha value is -1.53. The van der Waals surface area contributed by atoms with Gasteiger partial charge in [-0.1, -0.05) is 26.0 Å². The predicted molar refractivity (Wildman–Crippen MR) is 88.9 cm³/mol. The van der Waals surface area contributed by atoms with Crippen LogP contribution in [0.2, 0.25) is 0 Å². The van der Waals surface area contributed by atoms with Crippen molar-refractivity contribution in [2.45, 2.75) is 40.2 Å². The van der Waals surface area contributed by atoms with Crippen LogP contribution in [0.3, 0.4) is 0 Å². The first-order chi connectivity index (χ1) is 10.7. The summed E-state index contributed by atoms with van der Waals surface area (Å²) in [5, 5.41) is 0. The highest BCUT2D eigenvalue weighted by atomic mass is 16.6. The Bertz CT molecular complexity index is 528. The van der Waals surface area contributed by atoms with Gasteiger partial charge in [0.15, 0.2) is 5.60 Å². The molecule has 1 aliphatic heterocycles. The van der Waals surface area contributed by atoms with E-state index >= 15 is 0 Å². The Morgan fingerprint density at radius 1 is 1.22 bits per heavy atom. The molecule has 0 aromatic heterocycles. The number of carbonyl (C=O) groups is 1. The van der Waals surface area contributed by atoms with Crippen molar-refractivity contribution < 1.29 is 23.6 Å². The van der Waals surface area contributed by atoms with E-state index in [-0.39, 0.29) is 18.5 Å². The number of benzene rings is 1. The molecule has 6 heteroatoms. The van der Waals surface area contributed by atoms with E-state index in [9.17, 15) is 4.79 Å². The minimum Gasteiger partial charge on any atom is -0.476 e. The Morgan fingerprint density at radius 3 is 2.30 bits per heavy atom. The summed E-state index contributed by atoms with van der Waals surface area (Å²) in [6.07, 6.45) is 0. The second-order valence-corrected chi connectivity index (χ2v) is 7.02. The number of ether oxygens (including phenoxy) is 2. The maximum Gasteiger partial charge on any atom is 0.493 e. The van der Waals surface area contributed by atoms with E-state index in [1.807, 2.05) is 24.3 Å². The average molecular weight is 320 g/mol. The zero-order valence-corrected chi connectivity index (χ0v) is 14.5. The lowest BCUT2D eigenvalue weighted by Crippen LogP contribution is -2.47. The smallest absolute Gasteiger partial charge is 0.476 e. The summed E-state index contributed by atoms with van der Waals surface area (Å²) in [4.78, 5) is 11.9. The molecule has 126 valence electrons. The normalized spacial score (nSPS) is 17.7. The summed E-state index contributed by atoms with van der Waals surface area (Å²) in [6.45, 7) is 11.0. The molecule has 23 heavy (non-hydrogen) atoms. The number of esters is 1. The summed E-state index contributed by atoms with van der Waals surface area (Å²) in [7, 11) is -0.352. The fourth-order valence-electron chi connectivity index (χ4n) is 2.22. The second kappa shape index (κ2) is 6.93. The van der Waals surface area contributed by atoms with Gasteiger partial charge >= 0.3 is 13.1 Å². The fourth-order valence-corrected chi connectivity index (χ4v) is 2.22. The van der Waals surface area contributed by atoms with E-state index in [0.717, 1.165) is 5.46 Å². The first-order valence-corrected chi connectivity index (χ1v) is 7.93. The molecule has 2 rings (SSSR count). The number of hydrogen-bond donors (Lipinski definition) is 0. The zero-order chi connectivity index (χ0) is 17.1. The molecule has 0 aliphatic carbocycles. The molecule has 5 nitrogen and oxygen atoms in total. The maximum absolute atomic E-state index is 11.9. The summed E-state index contributed by atoms with van der Waals surface area (Å²) in [6, 6.07) is 7.39. The van der Waals surface area contributed by atoms with Crippen molar-refractivity contribution in [2.75, 3.05) is 19.8 Å². The Kier molecular flexibility index (Phi) is 5.37. The molecule has 1 saturated heterocycles. The third-order valence-electron chi connectivity index (χ3n) is 3.54. The Morgan fingerprint density at radius 2 is 1.78 bits per heavy atom. The third kappa shape index (κ3) is 4.72. The number of hydrogen-bond acceptors (Lipinski definition) is 5. The SMILES string of the molecule is CCOC(=O)C(C)(C)Oc1ccc(B2OCC(C)(C)CO2)cc1. The summed E-state index contributed by atoms with van der Waals surface area (Å²) >= 11 is 0. The van der Waals surface area contributed by atoms with Crippen LogP contribution in [0.5, 0.6) is 5.75 Å². The van der Waals surface area contributed by atoms with E-state index < -0.39 is 5.60 Å². The topological polar surface area (TPSA) is 54.0 Å². The summed E-state index contributed by atoms with van der Waals surface area (Å²) in [5.41, 5.74) is -0.0513. The molecule has 0 radical (unpaired) electrons. The fraction of sp³-hybridized carbons (Fsp3) is 0.588. The Labute approximate surface area is 138 Å². The van der Waals surface area contributed by atoms with E-state index in [1.54, 1.807) is 20.8 Å². The van der Waals surface area contributed by atoms with Crippen LogP contribution in [0, 0.1) is 5.41 Å². The van der Waals surface area contributed by atoms with Crippen LogP contribution in [-0.4, -0.2) is 38.5 Å². The van der Waals surface area contributed by atoms with Gasteiger partial charge in [-0.15, -0.1) is 0 Å². The highest BCUT2D eigenvalue weighted by molar-refractivity contribution is 6.61. The van der Waals surface area contributed by atoms with Gasteiger partial charge in [-0.25, -0.2) is 4.79 Å². The van der Waals surface area contributed by atoms with Crippen LogP contribution in [-0.2, 0) is 18.8 Å². The lowest BCUT2D eigenvalue weighted by atomic mass is 9.76. The minimum absolute atomic E-state index is 0.0449.